The summed E-state index contributed by atoms with van der Waals surface area (Å²) in [5, 5.41) is 9.76. The molecule has 1 aromatic carbocycles. The zero-order valence-electron chi connectivity index (χ0n) is 11.2. The normalized spacial score (nSPS) is 13.7. The van der Waals surface area contributed by atoms with Gasteiger partial charge in [0.2, 0.25) is 10.0 Å². The molecule has 5 nitrogen and oxygen atoms in total. The molecular weight excluding hydrogens is 323 g/mol. The average molecular weight is 341 g/mol. The van der Waals surface area contributed by atoms with Gasteiger partial charge in [0.1, 0.15) is 4.90 Å². The van der Waals surface area contributed by atoms with Crippen molar-refractivity contribution in [3.8, 4) is 0 Å². The van der Waals surface area contributed by atoms with Crippen molar-refractivity contribution in [1.29, 1.82) is 0 Å². The summed E-state index contributed by atoms with van der Waals surface area (Å²) in [4.78, 5) is -0.155. The van der Waals surface area contributed by atoms with Gasteiger partial charge < -0.3 is 10.8 Å². The van der Waals surface area contributed by atoms with Gasteiger partial charge in [0.15, 0.2) is 0 Å². The number of rotatable bonds is 6. The van der Waals surface area contributed by atoms with E-state index in [1.54, 1.807) is 0 Å². The first-order chi connectivity index (χ1) is 9.15. The lowest BCUT2D eigenvalue weighted by atomic mass is 10.1. The highest BCUT2D eigenvalue weighted by Gasteiger charge is 2.21. The van der Waals surface area contributed by atoms with Crippen LogP contribution in [0, 0.1) is 5.92 Å². The number of benzene rings is 1. The third kappa shape index (κ3) is 4.49. The van der Waals surface area contributed by atoms with Gasteiger partial charge in [0.05, 0.1) is 21.8 Å². The highest BCUT2D eigenvalue weighted by molar-refractivity contribution is 7.89. The molecule has 0 aliphatic carbocycles. The number of nitrogens with two attached hydrogens (primary N) is 1. The number of sulfonamides is 1. The van der Waals surface area contributed by atoms with Crippen molar-refractivity contribution >= 4 is 38.9 Å². The lowest BCUT2D eigenvalue weighted by Gasteiger charge is -2.15. The van der Waals surface area contributed by atoms with Crippen LogP contribution in [0.4, 0.5) is 5.69 Å². The second-order valence-corrected chi connectivity index (χ2v) is 7.43. The third-order valence-electron chi connectivity index (χ3n) is 2.63. The summed E-state index contributed by atoms with van der Waals surface area (Å²) in [6, 6.07) is 2.64. The van der Waals surface area contributed by atoms with Gasteiger partial charge in [-0.25, -0.2) is 13.1 Å². The minimum atomic E-state index is -3.84. The fraction of sp³-hybridized carbons (Fsp3) is 0.500. The SMILES string of the molecule is CC(C)CC(O)CNS(=O)(=O)c1ccc(Cl)c(N)c1Cl. The van der Waals surface area contributed by atoms with Crippen LogP contribution in [0.2, 0.25) is 10.0 Å². The smallest absolute Gasteiger partial charge is 0.242 e. The third-order valence-corrected chi connectivity index (χ3v) is 4.95. The predicted octanol–water partition coefficient (Wildman–Crippen LogP) is 2.26. The Morgan fingerprint density at radius 1 is 1.35 bits per heavy atom. The van der Waals surface area contributed by atoms with E-state index in [4.69, 9.17) is 28.9 Å². The van der Waals surface area contributed by atoms with Crippen molar-refractivity contribution < 1.29 is 13.5 Å². The molecule has 0 amide bonds. The van der Waals surface area contributed by atoms with Crippen LogP contribution in [-0.4, -0.2) is 26.2 Å². The number of halogens is 2. The number of nitrogen functional groups attached to an aromatic ring is 1. The molecule has 0 aromatic heterocycles. The van der Waals surface area contributed by atoms with Gasteiger partial charge in [0.25, 0.3) is 0 Å². The van der Waals surface area contributed by atoms with E-state index in [0.717, 1.165) is 0 Å². The van der Waals surface area contributed by atoms with Crippen LogP contribution in [0.15, 0.2) is 17.0 Å². The lowest BCUT2D eigenvalue weighted by Crippen LogP contribution is -2.33. The Hall–Kier alpha value is -0.530. The monoisotopic (exact) mass is 340 g/mol. The molecule has 1 unspecified atom stereocenters. The molecule has 0 heterocycles. The van der Waals surface area contributed by atoms with Crippen molar-refractivity contribution in [1.82, 2.24) is 4.72 Å². The fourth-order valence-electron chi connectivity index (χ4n) is 1.67. The number of aliphatic hydroxyl groups is 1. The summed E-state index contributed by atoms with van der Waals surface area (Å²) in [7, 11) is -3.84. The van der Waals surface area contributed by atoms with E-state index in [2.05, 4.69) is 4.72 Å². The molecule has 0 bridgehead atoms. The molecule has 0 spiro atoms. The summed E-state index contributed by atoms with van der Waals surface area (Å²) in [5.41, 5.74) is 5.61. The van der Waals surface area contributed by atoms with Gasteiger partial charge in [0, 0.05) is 6.54 Å². The Balaban J connectivity index is 2.87. The zero-order chi connectivity index (χ0) is 15.5. The zero-order valence-corrected chi connectivity index (χ0v) is 13.6. The first kappa shape index (κ1) is 17.5. The van der Waals surface area contributed by atoms with Crippen molar-refractivity contribution in [2.24, 2.45) is 5.92 Å². The average Bonchev–Trinajstić information content (AvgIpc) is 2.32. The predicted molar refractivity (Wildman–Crippen MR) is 81.5 cm³/mol. The molecule has 1 rings (SSSR count). The maximum atomic E-state index is 12.1. The van der Waals surface area contributed by atoms with Crippen LogP contribution >= 0.6 is 23.2 Å². The number of anilines is 1. The van der Waals surface area contributed by atoms with Gasteiger partial charge in [-0.05, 0) is 24.5 Å². The molecule has 0 radical (unpaired) electrons. The standard InChI is InChI=1S/C12H18Cl2N2O3S/c1-7(2)5-8(17)6-16-20(18,19)10-4-3-9(13)12(15)11(10)14/h3-4,7-8,16-17H,5-6,15H2,1-2H3. The van der Waals surface area contributed by atoms with Crippen molar-refractivity contribution in [3.63, 3.8) is 0 Å². The van der Waals surface area contributed by atoms with Crippen LogP contribution in [0.1, 0.15) is 20.3 Å². The Morgan fingerprint density at radius 2 is 1.95 bits per heavy atom. The number of hydrogen-bond donors (Lipinski definition) is 3. The van der Waals surface area contributed by atoms with Gasteiger partial charge in [-0.3, -0.25) is 0 Å². The summed E-state index contributed by atoms with van der Waals surface area (Å²) in [6.07, 6.45) is -0.257. The topological polar surface area (TPSA) is 92.4 Å². The Labute approximate surface area is 129 Å². The Bertz CT molecular complexity index is 576. The van der Waals surface area contributed by atoms with E-state index in [9.17, 15) is 13.5 Å². The van der Waals surface area contributed by atoms with Gasteiger partial charge in [-0.2, -0.15) is 0 Å². The van der Waals surface area contributed by atoms with Crippen molar-refractivity contribution in [2.75, 3.05) is 12.3 Å². The first-order valence-electron chi connectivity index (χ1n) is 6.06. The largest absolute Gasteiger partial charge is 0.396 e. The van der Waals surface area contributed by atoms with Crippen molar-refractivity contribution in [3.05, 3.63) is 22.2 Å². The molecule has 1 aromatic rings. The molecule has 4 N–H and O–H groups in total. The second-order valence-electron chi connectivity index (χ2n) is 4.91. The highest BCUT2D eigenvalue weighted by atomic mass is 35.5. The second kappa shape index (κ2) is 6.95. The van der Waals surface area contributed by atoms with Crippen LogP contribution in [0.25, 0.3) is 0 Å². The van der Waals surface area contributed by atoms with E-state index < -0.39 is 16.1 Å². The van der Waals surface area contributed by atoms with E-state index in [0.29, 0.717) is 6.42 Å². The molecular formula is C12H18Cl2N2O3S. The molecule has 20 heavy (non-hydrogen) atoms. The maximum Gasteiger partial charge on any atom is 0.242 e. The molecule has 114 valence electrons. The molecule has 1 atom stereocenters. The van der Waals surface area contributed by atoms with E-state index in [-0.39, 0.29) is 33.1 Å². The molecule has 0 fully saturated rings. The first-order valence-corrected chi connectivity index (χ1v) is 8.30. The van der Waals surface area contributed by atoms with Crippen LogP contribution < -0.4 is 10.5 Å². The van der Waals surface area contributed by atoms with Crippen molar-refractivity contribution in [2.45, 2.75) is 31.3 Å². The highest BCUT2D eigenvalue weighted by Crippen LogP contribution is 2.32. The van der Waals surface area contributed by atoms with Crippen LogP contribution in [-0.2, 0) is 10.0 Å². The van der Waals surface area contributed by atoms with Gasteiger partial charge in [-0.15, -0.1) is 0 Å². The minimum Gasteiger partial charge on any atom is -0.396 e. The van der Waals surface area contributed by atoms with E-state index in [1.165, 1.54) is 12.1 Å². The van der Waals surface area contributed by atoms with Crippen LogP contribution in [0.5, 0.6) is 0 Å². The summed E-state index contributed by atoms with van der Waals surface area (Å²) < 4.78 is 26.5. The number of nitrogens with one attached hydrogen (secondary N) is 1. The summed E-state index contributed by atoms with van der Waals surface area (Å²) >= 11 is 11.6. The Kier molecular flexibility index (Phi) is 6.09. The summed E-state index contributed by atoms with van der Waals surface area (Å²) in [5.74, 6) is 0.268. The summed E-state index contributed by atoms with van der Waals surface area (Å²) in [6.45, 7) is 3.79. The van der Waals surface area contributed by atoms with Gasteiger partial charge >= 0.3 is 0 Å². The molecule has 0 aliphatic rings. The number of hydrogen-bond acceptors (Lipinski definition) is 4. The quantitative estimate of drug-likeness (QED) is 0.692. The van der Waals surface area contributed by atoms with Gasteiger partial charge in [-0.1, -0.05) is 37.0 Å². The van der Waals surface area contributed by atoms with E-state index >= 15 is 0 Å². The maximum absolute atomic E-state index is 12.1. The molecule has 8 heteroatoms. The lowest BCUT2D eigenvalue weighted by molar-refractivity contribution is 0.152. The minimum absolute atomic E-state index is 0.0129. The molecule has 0 aliphatic heterocycles. The van der Waals surface area contributed by atoms with E-state index in [1.807, 2.05) is 13.8 Å². The molecule has 0 saturated carbocycles. The Morgan fingerprint density at radius 3 is 2.50 bits per heavy atom. The molecule has 0 saturated heterocycles. The number of aliphatic hydroxyl groups excluding tert-OH is 1. The fourth-order valence-corrected chi connectivity index (χ4v) is 3.50. The van der Waals surface area contributed by atoms with Crippen LogP contribution in [0.3, 0.4) is 0 Å².